The van der Waals surface area contributed by atoms with E-state index in [9.17, 15) is 5.11 Å². The van der Waals surface area contributed by atoms with Crippen molar-refractivity contribution >= 4 is 21.7 Å². The number of para-hydroxylation sites is 1. The van der Waals surface area contributed by atoms with Crippen molar-refractivity contribution in [1.29, 1.82) is 0 Å². The zero-order valence-electron chi connectivity index (χ0n) is 15.3. The third-order valence-electron chi connectivity index (χ3n) is 4.45. The van der Waals surface area contributed by atoms with E-state index in [4.69, 9.17) is 9.47 Å². The molecule has 1 fully saturated rings. The summed E-state index contributed by atoms with van der Waals surface area (Å²) in [6.07, 6.45) is 1.33. The zero-order valence-corrected chi connectivity index (χ0v) is 16.9. The van der Waals surface area contributed by atoms with Crippen LogP contribution in [-0.4, -0.2) is 73.6 Å². The molecule has 1 aromatic carbocycles. The molecule has 3 rings (SSSR count). The van der Waals surface area contributed by atoms with Crippen molar-refractivity contribution < 1.29 is 14.6 Å². The molecule has 0 spiro atoms. The fourth-order valence-electron chi connectivity index (χ4n) is 3.04. The van der Waals surface area contributed by atoms with Crippen molar-refractivity contribution in [2.24, 2.45) is 0 Å². The molecule has 1 N–H and O–H groups in total. The molecule has 1 saturated heterocycles. The second kappa shape index (κ2) is 10.6. The van der Waals surface area contributed by atoms with Gasteiger partial charge in [-0.1, -0.05) is 18.2 Å². The SMILES string of the molecule is O[C@@H](COCCOc1ccccc1Br)CN1CCN(c2ccccn2)CC1. The Morgan fingerprint density at radius 2 is 1.81 bits per heavy atom. The lowest BCUT2D eigenvalue weighted by molar-refractivity contribution is 0.00710. The fraction of sp³-hybridized carbons (Fsp3) is 0.450. The summed E-state index contributed by atoms with van der Waals surface area (Å²) in [7, 11) is 0. The van der Waals surface area contributed by atoms with E-state index in [-0.39, 0.29) is 0 Å². The maximum absolute atomic E-state index is 10.2. The van der Waals surface area contributed by atoms with Crippen LogP contribution in [0.4, 0.5) is 5.82 Å². The lowest BCUT2D eigenvalue weighted by Gasteiger charge is -2.36. The number of ether oxygens (including phenoxy) is 2. The quantitative estimate of drug-likeness (QED) is 0.610. The predicted molar refractivity (Wildman–Crippen MR) is 109 cm³/mol. The molecule has 0 aliphatic carbocycles. The molecular formula is C20H26BrN3O3. The molecule has 1 atom stereocenters. The van der Waals surface area contributed by atoms with Gasteiger partial charge in [0.05, 0.1) is 23.8 Å². The number of anilines is 1. The molecule has 0 unspecified atom stereocenters. The second-order valence-corrected chi connectivity index (χ2v) is 7.34. The molecule has 2 heterocycles. The number of nitrogens with zero attached hydrogens (tertiary/aromatic N) is 3. The Morgan fingerprint density at radius 1 is 1.04 bits per heavy atom. The molecular weight excluding hydrogens is 410 g/mol. The van der Waals surface area contributed by atoms with Gasteiger partial charge in [0.15, 0.2) is 0 Å². The highest BCUT2D eigenvalue weighted by molar-refractivity contribution is 9.10. The number of piperazine rings is 1. The van der Waals surface area contributed by atoms with Crippen molar-refractivity contribution in [2.45, 2.75) is 6.10 Å². The number of pyridine rings is 1. The highest BCUT2D eigenvalue weighted by Crippen LogP contribution is 2.23. The van der Waals surface area contributed by atoms with Crippen molar-refractivity contribution in [3.05, 3.63) is 53.1 Å². The molecule has 0 radical (unpaired) electrons. The van der Waals surface area contributed by atoms with Gasteiger partial charge in [-0.2, -0.15) is 0 Å². The average molecular weight is 436 g/mol. The molecule has 1 aromatic heterocycles. The third-order valence-corrected chi connectivity index (χ3v) is 5.10. The molecule has 0 bridgehead atoms. The molecule has 2 aromatic rings. The maximum atomic E-state index is 10.2. The number of β-amino-alcohol motifs (C(OH)–C–C–N with tert-alkyl or cyclic N) is 1. The Kier molecular flexibility index (Phi) is 7.89. The van der Waals surface area contributed by atoms with Crippen LogP contribution < -0.4 is 9.64 Å². The van der Waals surface area contributed by atoms with Gasteiger partial charge in [-0.05, 0) is 40.2 Å². The van der Waals surface area contributed by atoms with Crippen LogP contribution in [0.5, 0.6) is 5.75 Å². The summed E-state index contributed by atoms with van der Waals surface area (Å²) in [5, 5.41) is 10.2. The average Bonchev–Trinajstić information content (AvgIpc) is 2.70. The smallest absolute Gasteiger partial charge is 0.133 e. The monoisotopic (exact) mass is 435 g/mol. The minimum Gasteiger partial charge on any atom is -0.490 e. The summed E-state index contributed by atoms with van der Waals surface area (Å²) >= 11 is 3.44. The highest BCUT2D eigenvalue weighted by atomic mass is 79.9. The van der Waals surface area contributed by atoms with Gasteiger partial charge in [0, 0.05) is 38.9 Å². The molecule has 27 heavy (non-hydrogen) atoms. The summed E-state index contributed by atoms with van der Waals surface area (Å²) < 4.78 is 12.1. The fourth-order valence-corrected chi connectivity index (χ4v) is 3.44. The van der Waals surface area contributed by atoms with E-state index in [0.717, 1.165) is 42.2 Å². The summed E-state index contributed by atoms with van der Waals surface area (Å²) in [4.78, 5) is 8.94. The lowest BCUT2D eigenvalue weighted by atomic mass is 10.2. The molecule has 0 amide bonds. The van der Waals surface area contributed by atoms with Crippen LogP contribution in [0.15, 0.2) is 53.1 Å². The molecule has 0 saturated carbocycles. The largest absolute Gasteiger partial charge is 0.490 e. The molecule has 7 heteroatoms. The Morgan fingerprint density at radius 3 is 2.56 bits per heavy atom. The number of aliphatic hydroxyl groups excluding tert-OH is 1. The number of benzene rings is 1. The molecule has 146 valence electrons. The van der Waals surface area contributed by atoms with Crippen molar-refractivity contribution in [3.8, 4) is 5.75 Å². The Labute approximate surface area is 168 Å². The van der Waals surface area contributed by atoms with E-state index in [1.54, 1.807) is 0 Å². The number of hydrogen-bond acceptors (Lipinski definition) is 6. The number of halogens is 1. The zero-order chi connectivity index (χ0) is 18.9. The van der Waals surface area contributed by atoms with Crippen LogP contribution >= 0.6 is 15.9 Å². The minimum atomic E-state index is -0.491. The first-order valence-corrected chi connectivity index (χ1v) is 10.0. The molecule has 1 aliphatic rings. The standard InChI is InChI=1S/C20H26BrN3O3/c21-18-5-1-2-6-19(18)27-14-13-26-16-17(25)15-23-9-11-24(12-10-23)20-7-3-4-8-22-20/h1-8,17,25H,9-16H2/t17-/m1/s1. The van der Waals surface area contributed by atoms with E-state index in [1.807, 2.05) is 48.7 Å². The number of aliphatic hydroxyl groups is 1. The van der Waals surface area contributed by atoms with E-state index >= 15 is 0 Å². The topological polar surface area (TPSA) is 58.1 Å². The predicted octanol–water partition coefficient (Wildman–Crippen LogP) is 2.42. The van der Waals surface area contributed by atoms with Crippen molar-refractivity contribution in [2.75, 3.05) is 57.4 Å². The molecule has 6 nitrogen and oxygen atoms in total. The van der Waals surface area contributed by atoms with Gasteiger partial charge in [0.1, 0.15) is 18.2 Å². The number of rotatable bonds is 9. The molecule has 1 aliphatic heterocycles. The van der Waals surface area contributed by atoms with Gasteiger partial charge in [-0.15, -0.1) is 0 Å². The van der Waals surface area contributed by atoms with Gasteiger partial charge < -0.3 is 19.5 Å². The van der Waals surface area contributed by atoms with Crippen molar-refractivity contribution in [3.63, 3.8) is 0 Å². The number of aromatic nitrogens is 1. The van der Waals surface area contributed by atoms with E-state index < -0.39 is 6.10 Å². The first-order valence-electron chi connectivity index (χ1n) is 9.24. The summed E-state index contributed by atoms with van der Waals surface area (Å²) in [5.41, 5.74) is 0. The van der Waals surface area contributed by atoms with Gasteiger partial charge in [0.25, 0.3) is 0 Å². The van der Waals surface area contributed by atoms with Gasteiger partial charge in [0.2, 0.25) is 0 Å². The van der Waals surface area contributed by atoms with E-state index in [1.165, 1.54) is 0 Å². The maximum Gasteiger partial charge on any atom is 0.133 e. The van der Waals surface area contributed by atoms with Gasteiger partial charge in [-0.3, -0.25) is 4.90 Å². The highest BCUT2D eigenvalue weighted by Gasteiger charge is 2.20. The first kappa shape index (κ1) is 20.1. The van der Waals surface area contributed by atoms with Crippen molar-refractivity contribution in [1.82, 2.24) is 9.88 Å². The van der Waals surface area contributed by atoms with Crippen LogP contribution in [0.2, 0.25) is 0 Å². The van der Waals surface area contributed by atoms with Crippen LogP contribution in [0.1, 0.15) is 0 Å². The minimum absolute atomic E-state index is 0.319. The van der Waals surface area contributed by atoms with E-state index in [0.29, 0.717) is 26.4 Å². The Bertz CT molecular complexity index is 681. The first-order chi connectivity index (χ1) is 13.2. The van der Waals surface area contributed by atoms with E-state index in [2.05, 4.69) is 30.7 Å². The lowest BCUT2D eigenvalue weighted by Crippen LogP contribution is -2.49. The van der Waals surface area contributed by atoms with Crippen LogP contribution in [0.3, 0.4) is 0 Å². The second-order valence-electron chi connectivity index (χ2n) is 6.48. The van der Waals surface area contributed by atoms with Gasteiger partial charge >= 0.3 is 0 Å². The van der Waals surface area contributed by atoms with Crippen LogP contribution in [0, 0.1) is 0 Å². The Balaban J connectivity index is 1.28. The number of hydrogen-bond donors (Lipinski definition) is 1. The van der Waals surface area contributed by atoms with Crippen LogP contribution in [0.25, 0.3) is 0 Å². The normalized spacial score (nSPS) is 16.3. The van der Waals surface area contributed by atoms with Crippen LogP contribution in [-0.2, 0) is 4.74 Å². The summed E-state index contributed by atoms with van der Waals surface area (Å²) in [6.45, 7) is 5.52. The summed E-state index contributed by atoms with van der Waals surface area (Å²) in [5.74, 6) is 1.82. The third kappa shape index (κ3) is 6.46. The Hall–Kier alpha value is -1.67. The summed E-state index contributed by atoms with van der Waals surface area (Å²) in [6, 6.07) is 13.7. The van der Waals surface area contributed by atoms with Gasteiger partial charge in [-0.25, -0.2) is 4.98 Å².